The van der Waals surface area contributed by atoms with E-state index < -0.39 is 0 Å². The smallest absolute Gasteiger partial charge is 0.0698 e. The molecule has 4 nitrogen and oxygen atoms in total. The van der Waals surface area contributed by atoms with Gasteiger partial charge in [0.2, 0.25) is 0 Å². The maximum Gasteiger partial charge on any atom is 0.0698 e. The highest BCUT2D eigenvalue weighted by Crippen LogP contribution is 2.28. The van der Waals surface area contributed by atoms with Gasteiger partial charge in [-0.15, -0.1) is 0 Å². The van der Waals surface area contributed by atoms with E-state index in [4.69, 9.17) is 5.41 Å². The van der Waals surface area contributed by atoms with Crippen LogP contribution in [0.5, 0.6) is 0 Å². The SMILES string of the molecule is Cc1[nH]c2ccccc2c1C(=N)C1=C(NC2CCCCC2)CCN(C)C1. The molecule has 0 atom stereocenters. The molecule has 1 saturated carbocycles. The van der Waals surface area contributed by atoms with E-state index in [0.29, 0.717) is 11.8 Å². The van der Waals surface area contributed by atoms with Crippen LogP contribution >= 0.6 is 0 Å². The van der Waals surface area contributed by atoms with Gasteiger partial charge in [-0.05, 0) is 32.9 Å². The number of benzene rings is 1. The summed E-state index contributed by atoms with van der Waals surface area (Å²) in [7, 11) is 2.16. The van der Waals surface area contributed by atoms with E-state index >= 15 is 0 Å². The topological polar surface area (TPSA) is 54.9 Å². The molecule has 2 aliphatic rings. The molecule has 1 aliphatic heterocycles. The van der Waals surface area contributed by atoms with Gasteiger partial charge in [-0.25, -0.2) is 0 Å². The number of hydrogen-bond donors (Lipinski definition) is 3. The highest BCUT2D eigenvalue weighted by molar-refractivity contribution is 6.19. The summed E-state index contributed by atoms with van der Waals surface area (Å²) >= 11 is 0. The van der Waals surface area contributed by atoms with Crippen molar-refractivity contribution in [3.05, 3.63) is 46.8 Å². The number of H-pyrrole nitrogens is 1. The summed E-state index contributed by atoms with van der Waals surface area (Å²) in [6.45, 7) is 4.01. The Morgan fingerprint density at radius 3 is 2.77 bits per heavy atom. The predicted molar refractivity (Wildman–Crippen MR) is 109 cm³/mol. The van der Waals surface area contributed by atoms with Gasteiger partial charge in [0.15, 0.2) is 0 Å². The van der Waals surface area contributed by atoms with E-state index in [1.54, 1.807) is 0 Å². The third kappa shape index (κ3) is 3.30. The van der Waals surface area contributed by atoms with E-state index in [2.05, 4.69) is 53.4 Å². The van der Waals surface area contributed by atoms with E-state index in [9.17, 15) is 0 Å². The maximum atomic E-state index is 9.06. The normalized spacial score (nSPS) is 19.9. The first-order chi connectivity index (χ1) is 12.6. The first kappa shape index (κ1) is 17.3. The third-order valence-electron chi connectivity index (χ3n) is 5.96. The fraction of sp³-hybridized carbons (Fsp3) is 0.500. The van der Waals surface area contributed by atoms with E-state index in [1.807, 2.05) is 0 Å². The maximum absolute atomic E-state index is 9.06. The van der Waals surface area contributed by atoms with Crippen LogP contribution in [0.3, 0.4) is 0 Å². The van der Waals surface area contributed by atoms with Crippen LogP contribution in [0.2, 0.25) is 0 Å². The first-order valence-electron chi connectivity index (χ1n) is 9.97. The van der Waals surface area contributed by atoms with Crippen molar-refractivity contribution in [2.45, 2.75) is 51.5 Å². The molecule has 0 amide bonds. The summed E-state index contributed by atoms with van der Waals surface area (Å²) < 4.78 is 0. The Labute approximate surface area is 156 Å². The van der Waals surface area contributed by atoms with E-state index in [0.717, 1.165) is 41.7 Å². The fourth-order valence-electron chi connectivity index (χ4n) is 4.53. The Hall–Kier alpha value is -2.07. The van der Waals surface area contributed by atoms with Crippen molar-refractivity contribution in [1.82, 2.24) is 15.2 Å². The monoisotopic (exact) mass is 350 g/mol. The van der Waals surface area contributed by atoms with E-state index in [-0.39, 0.29) is 0 Å². The number of aromatic nitrogens is 1. The van der Waals surface area contributed by atoms with Crippen molar-refractivity contribution in [3.63, 3.8) is 0 Å². The second-order valence-electron chi connectivity index (χ2n) is 7.97. The molecule has 1 aromatic heterocycles. The Kier molecular flexibility index (Phi) is 4.86. The van der Waals surface area contributed by atoms with Crippen LogP contribution in [0.4, 0.5) is 0 Å². The van der Waals surface area contributed by atoms with Crippen LogP contribution in [0, 0.1) is 12.3 Å². The molecule has 138 valence electrons. The summed E-state index contributed by atoms with van der Waals surface area (Å²) in [5, 5.41) is 14.1. The molecule has 1 aromatic carbocycles. The van der Waals surface area contributed by atoms with Gasteiger partial charge in [-0.2, -0.15) is 0 Å². The van der Waals surface area contributed by atoms with Gasteiger partial charge in [0.25, 0.3) is 0 Å². The molecule has 1 fully saturated rings. The largest absolute Gasteiger partial charge is 0.385 e. The number of rotatable bonds is 4. The highest BCUT2D eigenvalue weighted by atomic mass is 15.1. The molecule has 3 N–H and O–H groups in total. The van der Waals surface area contributed by atoms with Crippen molar-refractivity contribution in [1.29, 1.82) is 5.41 Å². The summed E-state index contributed by atoms with van der Waals surface area (Å²) in [5.41, 5.74) is 6.45. The van der Waals surface area contributed by atoms with Gasteiger partial charge < -0.3 is 15.2 Å². The Morgan fingerprint density at radius 2 is 1.96 bits per heavy atom. The number of aryl methyl sites for hydroxylation is 1. The number of fused-ring (bicyclic) bond motifs is 1. The number of aromatic amines is 1. The first-order valence-corrected chi connectivity index (χ1v) is 9.97. The molecule has 4 heteroatoms. The predicted octanol–water partition coefficient (Wildman–Crippen LogP) is 4.36. The van der Waals surface area contributed by atoms with Crippen LogP contribution in [0.25, 0.3) is 10.9 Å². The number of para-hydroxylation sites is 1. The van der Waals surface area contributed by atoms with Crippen molar-refractivity contribution < 1.29 is 0 Å². The average molecular weight is 351 g/mol. The molecule has 2 aromatic rings. The Morgan fingerprint density at radius 1 is 1.19 bits per heavy atom. The van der Waals surface area contributed by atoms with E-state index in [1.165, 1.54) is 43.4 Å². The fourth-order valence-corrected chi connectivity index (χ4v) is 4.53. The zero-order valence-corrected chi connectivity index (χ0v) is 16.0. The molecular weight excluding hydrogens is 320 g/mol. The van der Waals surface area contributed by atoms with Crippen LogP contribution < -0.4 is 5.32 Å². The van der Waals surface area contributed by atoms with Crippen LogP contribution in [-0.2, 0) is 0 Å². The van der Waals surface area contributed by atoms with Crippen LogP contribution in [0.15, 0.2) is 35.5 Å². The zero-order chi connectivity index (χ0) is 18.1. The number of nitrogens with one attached hydrogen (secondary N) is 3. The summed E-state index contributed by atoms with van der Waals surface area (Å²) in [4.78, 5) is 5.79. The van der Waals surface area contributed by atoms with Gasteiger partial charge in [-0.3, -0.25) is 5.41 Å². The van der Waals surface area contributed by atoms with Gasteiger partial charge in [0, 0.05) is 59.0 Å². The summed E-state index contributed by atoms with van der Waals surface area (Å²) in [5.74, 6) is 0. The van der Waals surface area contributed by atoms with Gasteiger partial charge >= 0.3 is 0 Å². The minimum absolute atomic E-state index is 0.592. The minimum Gasteiger partial charge on any atom is -0.385 e. The lowest BCUT2D eigenvalue weighted by molar-refractivity contribution is 0.331. The number of likely N-dealkylation sites (N-methyl/N-ethyl adjacent to an activating group) is 1. The molecule has 0 radical (unpaired) electrons. The minimum atomic E-state index is 0.592. The molecular formula is C22H30N4. The summed E-state index contributed by atoms with van der Waals surface area (Å²) in [6.07, 6.45) is 7.60. The number of nitrogens with zero attached hydrogens (tertiary/aromatic N) is 1. The Bertz CT molecular complexity index is 839. The average Bonchev–Trinajstić information content (AvgIpc) is 2.99. The van der Waals surface area contributed by atoms with Crippen molar-refractivity contribution in [3.8, 4) is 0 Å². The molecule has 26 heavy (non-hydrogen) atoms. The number of hydrogen-bond acceptors (Lipinski definition) is 3. The second kappa shape index (κ2) is 7.28. The second-order valence-corrected chi connectivity index (χ2v) is 7.97. The molecule has 2 heterocycles. The lowest BCUT2D eigenvalue weighted by Crippen LogP contribution is -2.39. The van der Waals surface area contributed by atoms with Gasteiger partial charge in [0.1, 0.15) is 0 Å². The van der Waals surface area contributed by atoms with Crippen molar-refractivity contribution in [2.75, 3.05) is 20.1 Å². The lowest BCUT2D eigenvalue weighted by Gasteiger charge is -2.33. The molecule has 1 aliphatic carbocycles. The van der Waals surface area contributed by atoms with Crippen LogP contribution in [-0.4, -0.2) is 41.8 Å². The van der Waals surface area contributed by atoms with Gasteiger partial charge in [0.05, 0.1) is 5.71 Å². The molecule has 4 rings (SSSR count). The molecule has 0 spiro atoms. The van der Waals surface area contributed by atoms with Gasteiger partial charge in [-0.1, -0.05) is 37.5 Å². The standard InChI is InChI=1S/C22H30N4/c1-15-21(17-10-6-7-11-19(17)24-15)22(23)18-14-26(2)13-12-20(18)25-16-8-4-3-5-9-16/h6-7,10-11,16,23-25H,3-5,8-9,12-14H2,1-2H3. The molecule has 0 saturated heterocycles. The zero-order valence-electron chi connectivity index (χ0n) is 16.0. The van der Waals surface area contributed by atoms with Crippen molar-refractivity contribution in [2.24, 2.45) is 0 Å². The molecule has 0 unspecified atom stereocenters. The third-order valence-corrected chi connectivity index (χ3v) is 5.96. The Balaban J connectivity index is 1.70. The quantitative estimate of drug-likeness (QED) is 0.718. The van der Waals surface area contributed by atoms with Crippen molar-refractivity contribution >= 4 is 16.6 Å². The molecule has 0 bridgehead atoms. The lowest BCUT2D eigenvalue weighted by atomic mass is 9.92. The van der Waals surface area contributed by atoms with Crippen LogP contribution in [0.1, 0.15) is 49.8 Å². The highest BCUT2D eigenvalue weighted by Gasteiger charge is 2.25. The summed E-state index contributed by atoms with van der Waals surface area (Å²) in [6, 6.07) is 8.94.